The molecule has 1 atom stereocenters. The zero-order valence-corrected chi connectivity index (χ0v) is 9.54. The first-order chi connectivity index (χ1) is 7.59. The number of hydrogen-bond acceptors (Lipinski definition) is 2. The van der Waals surface area contributed by atoms with E-state index in [0.29, 0.717) is 10.2 Å². The number of aliphatic hydroxyl groups is 1. The van der Waals surface area contributed by atoms with Crippen molar-refractivity contribution in [3.05, 3.63) is 58.0 Å². The molecule has 84 valence electrons. The van der Waals surface area contributed by atoms with Crippen molar-refractivity contribution in [1.29, 1.82) is 0 Å². The summed E-state index contributed by atoms with van der Waals surface area (Å²) < 4.78 is 31.0. The monoisotopic (exact) mass is 288 g/mol. The second-order valence-electron chi connectivity index (χ2n) is 3.23. The van der Waals surface area contributed by atoms with E-state index >= 15 is 0 Å². The lowest BCUT2D eigenvalue weighted by Gasteiger charge is -2.09. The fourth-order valence-electron chi connectivity index (χ4n) is 1.36. The summed E-state index contributed by atoms with van der Waals surface area (Å²) in [4.78, 5) is 0. The molecule has 1 unspecified atom stereocenters. The Morgan fingerprint density at radius 1 is 1.19 bits per heavy atom. The van der Waals surface area contributed by atoms with E-state index in [2.05, 4.69) is 15.9 Å². The van der Waals surface area contributed by atoms with Crippen LogP contribution in [0, 0.1) is 11.6 Å². The molecule has 0 aliphatic carbocycles. The van der Waals surface area contributed by atoms with Gasteiger partial charge in [-0.15, -0.1) is 0 Å². The van der Waals surface area contributed by atoms with Crippen molar-refractivity contribution in [2.24, 2.45) is 0 Å². The van der Waals surface area contributed by atoms with Crippen molar-refractivity contribution in [3.8, 4) is 0 Å². The Balaban J connectivity index is 2.38. The average molecular weight is 289 g/mol. The van der Waals surface area contributed by atoms with E-state index in [4.69, 9.17) is 4.42 Å². The molecule has 2 nitrogen and oxygen atoms in total. The smallest absolute Gasteiger partial charge is 0.175 e. The minimum absolute atomic E-state index is 0.265. The minimum atomic E-state index is -1.05. The Bertz CT molecular complexity index is 510. The largest absolute Gasteiger partial charge is 0.457 e. The van der Waals surface area contributed by atoms with Crippen molar-refractivity contribution >= 4 is 15.9 Å². The molecular weight excluding hydrogens is 282 g/mol. The summed E-state index contributed by atoms with van der Waals surface area (Å²) in [7, 11) is 0. The average Bonchev–Trinajstić information content (AvgIpc) is 2.67. The third-order valence-corrected chi connectivity index (χ3v) is 2.84. The van der Waals surface area contributed by atoms with E-state index in [1.165, 1.54) is 12.3 Å². The van der Waals surface area contributed by atoms with Crippen LogP contribution in [0.5, 0.6) is 0 Å². The highest BCUT2D eigenvalue weighted by molar-refractivity contribution is 9.10. The van der Waals surface area contributed by atoms with Gasteiger partial charge in [0.25, 0.3) is 0 Å². The van der Waals surface area contributed by atoms with Gasteiger partial charge < -0.3 is 9.52 Å². The maximum atomic E-state index is 13.0. The maximum absolute atomic E-state index is 13.0. The molecule has 1 aromatic heterocycles. The van der Waals surface area contributed by atoms with Crippen molar-refractivity contribution in [2.75, 3.05) is 0 Å². The quantitative estimate of drug-likeness (QED) is 0.919. The molecule has 0 aliphatic rings. The summed E-state index contributed by atoms with van der Waals surface area (Å²) in [5.41, 5.74) is 0.729. The summed E-state index contributed by atoms with van der Waals surface area (Å²) in [6.07, 6.45) is 0.339. The van der Waals surface area contributed by atoms with E-state index in [1.807, 2.05) is 0 Å². The van der Waals surface area contributed by atoms with Gasteiger partial charge >= 0.3 is 0 Å². The van der Waals surface area contributed by atoms with Gasteiger partial charge in [-0.2, -0.15) is 0 Å². The highest BCUT2D eigenvalue weighted by atomic mass is 79.9. The van der Waals surface area contributed by atoms with Gasteiger partial charge in [-0.1, -0.05) is 6.07 Å². The lowest BCUT2D eigenvalue weighted by Crippen LogP contribution is -2.00. The maximum Gasteiger partial charge on any atom is 0.175 e. The highest BCUT2D eigenvalue weighted by Crippen LogP contribution is 2.29. The summed E-state index contributed by atoms with van der Waals surface area (Å²) in [6, 6.07) is 4.81. The number of benzene rings is 1. The molecule has 0 spiro atoms. The summed E-state index contributed by atoms with van der Waals surface area (Å²) in [6.45, 7) is 0. The first kappa shape index (κ1) is 11.3. The molecule has 1 aromatic carbocycles. The molecule has 0 bridgehead atoms. The molecule has 5 heteroatoms. The Morgan fingerprint density at radius 3 is 2.50 bits per heavy atom. The number of hydrogen-bond donors (Lipinski definition) is 1. The van der Waals surface area contributed by atoms with Crippen molar-refractivity contribution < 1.29 is 18.3 Å². The SMILES string of the molecule is OC(c1ccc(F)c(F)c1)c1ccoc1Br. The molecule has 0 saturated carbocycles. The second-order valence-corrected chi connectivity index (χ2v) is 3.95. The predicted molar refractivity (Wildman–Crippen MR) is 56.8 cm³/mol. The second kappa shape index (κ2) is 4.35. The third-order valence-electron chi connectivity index (χ3n) is 2.20. The van der Waals surface area contributed by atoms with Gasteiger partial charge in [0.15, 0.2) is 16.3 Å². The van der Waals surface area contributed by atoms with Crippen LogP contribution in [0.15, 0.2) is 39.6 Å². The van der Waals surface area contributed by atoms with Crippen LogP contribution in [0.4, 0.5) is 8.78 Å². The minimum Gasteiger partial charge on any atom is -0.457 e. The Morgan fingerprint density at radius 2 is 1.94 bits per heavy atom. The van der Waals surface area contributed by atoms with Gasteiger partial charge in [0, 0.05) is 5.56 Å². The van der Waals surface area contributed by atoms with Gasteiger partial charge in [-0.05, 0) is 39.7 Å². The molecular formula is C11H7BrF2O2. The zero-order chi connectivity index (χ0) is 11.7. The number of aliphatic hydroxyl groups excluding tert-OH is 1. The zero-order valence-electron chi connectivity index (χ0n) is 7.95. The fraction of sp³-hybridized carbons (Fsp3) is 0.0909. The molecule has 1 heterocycles. The number of furan rings is 1. The van der Waals surface area contributed by atoms with Crippen LogP contribution >= 0.6 is 15.9 Å². The summed E-state index contributed by atoms with van der Waals surface area (Å²) >= 11 is 3.10. The van der Waals surface area contributed by atoms with Crippen LogP contribution < -0.4 is 0 Å². The number of halogens is 3. The van der Waals surface area contributed by atoms with E-state index in [-0.39, 0.29) is 5.56 Å². The van der Waals surface area contributed by atoms with Crippen LogP contribution in [-0.4, -0.2) is 5.11 Å². The first-order valence-electron chi connectivity index (χ1n) is 4.45. The normalized spacial score (nSPS) is 12.8. The fourth-order valence-corrected chi connectivity index (χ4v) is 1.82. The predicted octanol–water partition coefficient (Wildman–Crippen LogP) is 3.40. The van der Waals surface area contributed by atoms with Crippen LogP contribution in [-0.2, 0) is 0 Å². The van der Waals surface area contributed by atoms with Crippen molar-refractivity contribution in [3.63, 3.8) is 0 Å². The van der Waals surface area contributed by atoms with E-state index in [1.54, 1.807) is 6.07 Å². The standard InChI is InChI=1S/C11H7BrF2O2/c12-11-7(3-4-16-11)10(15)6-1-2-8(13)9(14)5-6/h1-5,10,15H. The van der Waals surface area contributed by atoms with E-state index in [0.717, 1.165) is 12.1 Å². The summed E-state index contributed by atoms with van der Waals surface area (Å²) in [5, 5.41) is 9.90. The van der Waals surface area contributed by atoms with Gasteiger partial charge in [0.2, 0.25) is 0 Å². The molecule has 0 saturated heterocycles. The van der Waals surface area contributed by atoms with Crippen LogP contribution in [0.1, 0.15) is 17.2 Å². The van der Waals surface area contributed by atoms with Gasteiger partial charge in [0.05, 0.1) is 6.26 Å². The Labute approximate surface area is 98.6 Å². The van der Waals surface area contributed by atoms with Gasteiger partial charge in [0.1, 0.15) is 6.10 Å². The van der Waals surface area contributed by atoms with Crippen LogP contribution in [0.2, 0.25) is 0 Å². The molecule has 2 rings (SSSR count). The van der Waals surface area contributed by atoms with E-state index in [9.17, 15) is 13.9 Å². The number of rotatable bonds is 2. The van der Waals surface area contributed by atoms with E-state index < -0.39 is 17.7 Å². The molecule has 0 amide bonds. The lowest BCUT2D eigenvalue weighted by molar-refractivity contribution is 0.217. The summed E-state index contributed by atoms with van der Waals surface area (Å²) in [5.74, 6) is -1.93. The molecule has 16 heavy (non-hydrogen) atoms. The van der Waals surface area contributed by atoms with Crippen molar-refractivity contribution in [2.45, 2.75) is 6.10 Å². The Hall–Kier alpha value is -1.20. The first-order valence-corrected chi connectivity index (χ1v) is 5.25. The molecule has 1 N–H and O–H groups in total. The highest BCUT2D eigenvalue weighted by Gasteiger charge is 2.17. The van der Waals surface area contributed by atoms with Gasteiger partial charge in [-0.3, -0.25) is 0 Å². The molecule has 2 aromatic rings. The van der Waals surface area contributed by atoms with Gasteiger partial charge in [-0.25, -0.2) is 8.78 Å². The lowest BCUT2D eigenvalue weighted by atomic mass is 10.0. The van der Waals surface area contributed by atoms with Crippen LogP contribution in [0.3, 0.4) is 0 Å². The molecule has 0 fully saturated rings. The molecule has 0 aliphatic heterocycles. The topological polar surface area (TPSA) is 33.4 Å². The Kier molecular flexibility index (Phi) is 3.07. The van der Waals surface area contributed by atoms with Crippen LogP contribution in [0.25, 0.3) is 0 Å². The van der Waals surface area contributed by atoms with Crippen molar-refractivity contribution in [1.82, 2.24) is 0 Å². The molecule has 0 radical (unpaired) electrons. The third kappa shape index (κ3) is 2.01.